The molecule has 0 saturated carbocycles. The Hall–Kier alpha value is -1.80. The molecule has 0 radical (unpaired) electrons. The van der Waals surface area contributed by atoms with Crippen LogP contribution in [0.2, 0.25) is 0 Å². The van der Waals surface area contributed by atoms with Crippen LogP contribution in [-0.4, -0.2) is 19.1 Å². The van der Waals surface area contributed by atoms with Gasteiger partial charge in [0.1, 0.15) is 0 Å². The highest BCUT2D eigenvalue weighted by Crippen LogP contribution is 2.41. The van der Waals surface area contributed by atoms with E-state index in [1.165, 1.54) is 35.1 Å². The number of nitrogens with one attached hydrogen (secondary N) is 2. The molecule has 2 nitrogen and oxygen atoms in total. The van der Waals surface area contributed by atoms with Crippen LogP contribution in [0.4, 0.5) is 0 Å². The van der Waals surface area contributed by atoms with Crippen LogP contribution < -0.4 is 10.6 Å². The Morgan fingerprint density at radius 1 is 1.09 bits per heavy atom. The lowest BCUT2D eigenvalue weighted by molar-refractivity contribution is 0.290. The van der Waals surface area contributed by atoms with Crippen LogP contribution in [0, 0.1) is 12.8 Å². The second-order valence-corrected chi connectivity index (χ2v) is 6.75. The number of aryl methyl sites for hydroxylation is 1. The summed E-state index contributed by atoms with van der Waals surface area (Å²) in [5.41, 5.74) is 5.68. The van der Waals surface area contributed by atoms with Crippen molar-refractivity contribution in [2.75, 3.05) is 13.1 Å². The first kappa shape index (κ1) is 13.8. The molecule has 1 aliphatic carbocycles. The second kappa shape index (κ2) is 5.77. The van der Waals surface area contributed by atoms with Gasteiger partial charge in [-0.2, -0.15) is 0 Å². The van der Waals surface area contributed by atoms with E-state index in [-0.39, 0.29) is 0 Å². The molecule has 2 heteroatoms. The zero-order valence-corrected chi connectivity index (χ0v) is 13.2. The van der Waals surface area contributed by atoms with E-state index in [4.69, 9.17) is 0 Å². The topological polar surface area (TPSA) is 24.1 Å². The lowest BCUT2D eigenvalue weighted by Crippen LogP contribution is -2.41. The number of fused-ring (bicyclic) bond motifs is 2. The summed E-state index contributed by atoms with van der Waals surface area (Å²) < 4.78 is 0. The predicted molar refractivity (Wildman–Crippen MR) is 92.7 cm³/mol. The molecule has 1 aromatic carbocycles. The highest BCUT2D eigenvalue weighted by Gasteiger charge is 2.35. The van der Waals surface area contributed by atoms with E-state index >= 15 is 0 Å². The summed E-state index contributed by atoms with van der Waals surface area (Å²) in [4.78, 5) is 0. The summed E-state index contributed by atoms with van der Waals surface area (Å²) in [6.07, 6.45) is 13.7. The number of rotatable bonds is 1. The van der Waals surface area contributed by atoms with E-state index in [2.05, 4.69) is 66.3 Å². The van der Waals surface area contributed by atoms with E-state index in [0.29, 0.717) is 12.0 Å². The zero-order chi connectivity index (χ0) is 14.9. The molecule has 2 atom stereocenters. The van der Waals surface area contributed by atoms with Gasteiger partial charge in [-0.1, -0.05) is 42.0 Å². The quantitative estimate of drug-likeness (QED) is 0.827. The van der Waals surface area contributed by atoms with E-state index in [1.807, 2.05) is 0 Å². The van der Waals surface area contributed by atoms with E-state index < -0.39 is 0 Å². The number of hydrogen-bond donors (Lipinski definition) is 2. The number of allylic oxidation sites excluding steroid dienone is 2. The third-order valence-electron chi connectivity index (χ3n) is 5.33. The van der Waals surface area contributed by atoms with Gasteiger partial charge in [0.15, 0.2) is 0 Å². The molecule has 2 heterocycles. The normalized spacial score (nSPS) is 27.4. The molecule has 2 aliphatic heterocycles. The van der Waals surface area contributed by atoms with Gasteiger partial charge in [0, 0.05) is 5.92 Å². The van der Waals surface area contributed by atoms with Gasteiger partial charge >= 0.3 is 0 Å². The van der Waals surface area contributed by atoms with Crippen molar-refractivity contribution in [3.8, 4) is 0 Å². The van der Waals surface area contributed by atoms with E-state index in [9.17, 15) is 0 Å². The number of piperidine rings is 1. The highest BCUT2D eigenvalue weighted by atomic mass is 14.9. The van der Waals surface area contributed by atoms with Crippen LogP contribution in [0.1, 0.15) is 35.4 Å². The Kier molecular flexibility index (Phi) is 3.63. The molecular formula is C20H24N2. The van der Waals surface area contributed by atoms with Crippen molar-refractivity contribution >= 4 is 6.08 Å². The maximum atomic E-state index is 3.64. The first-order chi connectivity index (χ1) is 10.8. The molecule has 3 aliphatic rings. The fraction of sp³-hybridized carbons (Fsp3) is 0.400. The Morgan fingerprint density at radius 3 is 2.82 bits per heavy atom. The Balaban J connectivity index is 1.81. The van der Waals surface area contributed by atoms with Gasteiger partial charge in [-0.15, -0.1) is 0 Å². The fourth-order valence-corrected chi connectivity index (χ4v) is 4.23. The summed E-state index contributed by atoms with van der Waals surface area (Å²) in [6.45, 7) is 4.49. The van der Waals surface area contributed by atoms with Gasteiger partial charge in [-0.25, -0.2) is 0 Å². The molecule has 0 spiro atoms. The Labute approximate surface area is 133 Å². The number of benzene rings is 1. The van der Waals surface area contributed by atoms with Crippen LogP contribution >= 0.6 is 0 Å². The molecule has 4 rings (SSSR count). The van der Waals surface area contributed by atoms with Gasteiger partial charge in [0.2, 0.25) is 0 Å². The lowest BCUT2D eigenvalue weighted by Gasteiger charge is -2.38. The molecule has 114 valence electrons. The van der Waals surface area contributed by atoms with Crippen LogP contribution in [0.15, 0.2) is 48.2 Å². The van der Waals surface area contributed by atoms with Gasteiger partial charge in [-0.3, -0.25) is 0 Å². The maximum Gasteiger partial charge on any atom is 0.0579 e. The molecule has 0 bridgehead atoms. The van der Waals surface area contributed by atoms with Crippen LogP contribution in [0.3, 0.4) is 0 Å². The van der Waals surface area contributed by atoms with Crippen molar-refractivity contribution in [3.63, 3.8) is 0 Å². The molecule has 1 saturated heterocycles. The molecule has 2 unspecified atom stereocenters. The number of dihydropyridines is 1. The SMILES string of the molecule is Cc1ccc2c(c1)C=CC1=CC=CNC1C2C1CCNCC1. The van der Waals surface area contributed by atoms with Crippen LogP contribution in [0.5, 0.6) is 0 Å². The van der Waals surface area contributed by atoms with Gasteiger partial charge in [0.05, 0.1) is 6.04 Å². The van der Waals surface area contributed by atoms with Crippen LogP contribution in [-0.2, 0) is 0 Å². The monoisotopic (exact) mass is 292 g/mol. The van der Waals surface area contributed by atoms with Crippen molar-refractivity contribution in [1.29, 1.82) is 0 Å². The minimum absolute atomic E-state index is 0.410. The van der Waals surface area contributed by atoms with Crippen molar-refractivity contribution < 1.29 is 0 Å². The van der Waals surface area contributed by atoms with Crippen molar-refractivity contribution in [2.24, 2.45) is 5.92 Å². The third kappa shape index (κ3) is 2.42. The second-order valence-electron chi connectivity index (χ2n) is 6.75. The van der Waals surface area contributed by atoms with Gasteiger partial charge < -0.3 is 10.6 Å². The van der Waals surface area contributed by atoms with Gasteiger partial charge in [-0.05, 0) is 67.7 Å². The summed E-state index contributed by atoms with van der Waals surface area (Å²) in [6, 6.07) is 7.39. The number of hydrogen-bond acceptors (Lipinski definition) is 2. The molecule has 0 amide bonds. The predicted octanol–water partition coefficient (Wildman–Crippen LogP) is 3.52. The molecule has 1 fully saturated rings. The first-order valence-electron chi connectivity index (χ1n) is 8.45. The largest absolute Gasteiger partial charge is 0.383 e. The molecule has 0 aromatic heterocycles. The Morgan fingerprint density at radius 2 is 1.95 bits per heavy atom. The van der Waals surface area contributed by atoms with E-state index in [1.54, 1.807) is 0 Å². The zero-order valence-electron chi connectivity index (χ0n) is 13.2. The van der Waals surface area contributed by atoms with Crippen LogP contribution in [0.25, 0.3) is 6.08 Å². The average Bonchev–Trinajstić information content (AvgIpc) is 2.72. The minimum Gasteiger partial charge on any atom is -0.383 e. The summed E-state index contributed by atoms with van der Waals surface area (Å²) in [7, 11) is 0. The third-order valence-corrected chi connectivity index (χ3v) is 5.33. The maximum absolute atomic E-state index is 3.64. The van der Waals surface area contributed by atoms with Crippen molar-refractivity contribution in [3.05, 3.63) is 64.9 Å². The smallest absolute Gasteiger partial charge is 0.0579 e. The fourth-order valence-electron chi connectivity index (χ4n) is 4.23. The van der Waals surface area contributed by atoms with Gasteiger partial charge in [0.25, 0.3) is 0 Å². The highest BCUT2D eigenvalue weighted by molar-refractivity contribution is 5.63. The molecule has 2 N–H and O–H groups in total. The molecule has 22 heavy (non-hydrogen) atoms. The summed E-state index contributed by atoms with van der Waals surface area (Å²) >= 11 is 0. The molecular weight excluding hydrogens is 268 g/mol. The standard InChI is InChI=1S/C20H24N2/c1-14-4-7-18-17(13-14)6-5-16-3-2-10-22-20(16)19(18)15-8-11-21-12-9-15/h2-7,10,13,15,19-22H,8-9,11-12H2,1H3. The van der Waals surface area contributed by atoms with Crippen molar-refractivity contribution in [1.82, 2.24) is 10.6 Å². The average molecular weight is 292 g/mol. The summed E-state index contributed by atoms with van der Waals surface area (Å²) in [5.74, 6) is 1.30. The minimum atomic E-state index is 0.410. The van der Waals surface area contributed by atoms with E-state index in [0.717, 1.165) is 19.0 Å². The van der Waals surface area contributed by atoms with Crippen molar-refractivity contribution in [2.45, 2.75) is 31.7 Å². The first-order valence-corrected chi connectivity index (χ1v) is 8.45. The summed E-state index contributed by atoms with van der Waals surface area (Å²) in [5, 5.41) is 7.15. The lowest BCUT2D eigenvalue weighted by atomic mass is 9.73. The molecule has 1 aromatic rings. The Bertz CT molecular complexity index is 648.